The van der Waals surface area contributed by atoms with Crippen LogP contribution in [0.2, 0.25) is 0 Å². The van der Waals surface area contributed by atoms with Crippen LogP contribution in [-0.2, 0) is 9.47 Å². The molecule has 1 aliphatic rings. The first-order chi connectivity index (χ1) is 17.6. The molecule has 0 fully saturated rings. The van der Waals surface area contributed by atoms with E-state index >= 15 is 0 Å². The Labute approximate surface area is 217 Å². The number of nitrogens with one attached hydrogen (secondary N) is 1. The molecular weight excluding hydrogens is 456 g/mol. The third kappa shape index (κ3) is 9.32. The first kappa shape index (κ1) is 31.2. The van der Waals surface area contributed by atoms with Crippen molar-refractivity contribution < 1.29 is 18.9 Å². The molecule has 0 aliphatic carbocycles. The van der Waals surface area contributed by atoms with Crippen LogP contribution in [0.25, 0.3) is 10.9 Å². The zero-order chi connectivity index (χ0) is 26.8. The molecule has 0 saturated heterocycles. The van der Waals surface area contributed by atoms with E-state index in [1.54, 1.807) is 20.5 Å². The van der Waals surface area contributed by atoms with Gasteiger partial charge in [-0.2, -0.15) is 0 Å². The first-order valence-electron chi connectivity index (χ1n) is 12.9. The number of aromatic nitrogens is 2. The third-order valence-electron chi connectivity index (χ3n) is 5.44. The SMILES string of the molecule is C/C=C/NCCOCC.CC.CCC1=C(C)CCN1c1ncnc2cc(OC)c(OCCOC)cc12. The Hall–Kier alpha value is -2.84. The van der Waals surface area contributed by atoms with Gasteiger partial charge < -0.3 is 29.2 Å². The predicted octanol–water partition coefficient (Wildman–Crippen LogP) is 5.73. The van der Waals surface area contributed by atoms with Crippen LogP contribution in [0.15, 0.2) is 42.0 Å². The van der Waals surface area contributed by atoms with Crippen LogP contribution < -0.4 is 19.7 Å². The van der Waals surface area contributed by atoms with Gasteiger partial charge in [0.15, 0.2) is 11.5 Å². The zero-order valence-electron chi connectivity index (χ0n) is 23.5. The van der Waals surface area contributed by atoms with Gasteiger partial charge in [0.25, 0.3) is 0 Å². The Morgan fingerprint density at radius 2 is 1.83 bits per heavy atom. The topological polar surface area (TPSA) is 78.0 Å². The van der Waals surface area contributed by atoms with E-state index in [4.69, 9.17) is 18.9 Å². The van der Waals surface area contributed by atoms with E-state index < -0.39 is 0 Å². The van der Waals surface area contributed by atoms with Crippen molar-refractivity contribution in [2.45, 2.75) is 54.4 Å². The molecule has 1 aromatic heterocycles. The molecule has 8 heteroatoms. The second-order valence-electron chi connectivity index (χ2n) is 7.69. The molecule has 1 aromatic carbocycles. The molecule has 0 amide bonds. The van der Waals surface area contributed by atoms with Crippen molar-refractivity contribution in [3.8, 4) is 11.5 Å². The zero-order valence-corrected chi connectivity index (χ0v) is 23.5. The summed E-state index contributed by atoms with van der Waals surface area (Å²) in [5, 5.41) is 4.03. The monoisotopic (exact) mass is 502 g/mol. The molecule has 0 bridgehead atoms. The lowest BCUT2D eigenvalue weighted by Gasteiger charge is -2.22. The normalized spacial score (nSPS) is 12.8. The van der Waals surface area contributed by atoms with E-state index in [2.05, 4.69) is 34.0 Å². The van der Waals surface area contributed by atoms with Crippen molar-refractivity contribution in [3.63, 3.8) is 0 Å². The summed E-state index contributed by atoms with van der Waals surface area (Å²) in [5.74, 6) is 2.27. The third-order valence-corrected chi connectivity index (χ3v) is 5.44. The van der Waals surface area contributed by atoms with E-state index in [1.807, 2.05) is 52.1 Å². The molecule has 3 rings (SSSR count). The second-order valence-corrected chi connectivity index (χ2v) is 7.69. The highest BCUT2D eigenvalue weighted by Gasteiger charge is 2.23. The van der Waals surface area contributed by atoms with Gasteiger partial charge in [0.1, 0.15) is 18.8 Å². The van der Waals surface area contributed by atoms with Gasteiger partial charge in [0.05, 0.1) is 25.8 Å². The first-order valence-corrected chi connectivity index (χ1v) is 12.9. The molecule has 0 unspecified atom stereocenters. The second kappa shape index (κ2) is 18.4. The maximum Gasteiger partial charge on any atom is 0.162 e. The summed E-state index contributed by atoms with van der Waals surface area (Å²) in [5.41, 5.74) is 3.62. The quantitative estimate of drug-likeness (QED) is 0.369. The Kier molecular flexibility index (Phi) is 16.0. The molecular formula is C28H46N4O4. The van der Waals surface area contributed by atoms with Crippen LogP contribution >= 0.6 is 0 Å². The van der Waals surface area contributed by atoms with Crippen molar-refractivity contribution in [1.82, 2.24) is 15.3 Å². The highest BCUT2D eigenvalue weighted by molar-refractivity contribution is 5.92. The van der Waals surface area contributed by atoms with Crippen molar-refractivity contribution in [3.05, 3.63) is 42.0 Å². The van der Waals surface area contributed by atoms with E-state index in [0.29, 0.717) is 24.7 Å². The maximum absolute atomic E-state index is 5.83. The minimum absolute atomic E-state index is 0.463. The number of ether oxygens (including phenoxy) is 4. The molecule has 0 radical (unpaired) electrons. The minimum Gasteiger partial charge on any atom is -0.493 e. The largest absolute Gasteiger partial charge is 0.493 e. The Balaban J connectivity index is 0.000000500. The Morgan fingerprint density at radius 1 is 1.06 bits per heavy atom. The number of hydrogen-bond acceptors (Lipinski definition) is 8. The molecule has 2 heterocycles. The lowest BCUT2D eigenvalue weighted by molar-refractivity contribution is 0.144. The molecule has 0 saturated carbocycles. The Morgan fingerprint density at radius 3 is 2.47 bits per heavy atom. The summed E-state index contributed by atoms with van der Waals surface area (Å²) in [6.07, 6.45) is 7.56. The van der Waals surface area contributed by atoms with Gasteiger partial charge in [0.2, 0.25) is 0 Å². The molecule has 0 spiro atoms. The van der Waals surface area contributed by atoms with E-state index in [-0.39, 0.29) is 0 Å². The van der Waals surface area contributed by atoms with Crippen LogP contribution in [0.4, 0.5) is 5.82 Å². The van der Waals surface area contributed by atoms with Crippen LogP contribution in [0.3, 0.4) is 0 Å². The van der Waals surface area contributed by atoms with Crippen LogP contribution in [0.5, 0.6) is 11.5 Å². The van der Waals surface area contributed by atoms with E-state index in [0.717, 1.165) is 55.9 Å². The fraction of sp³-hybridized carbons (Fsp3) is 0.571. The van der Waals surface area contributed by atoms with Gasteiger partial charge in [-0.15, -0.1) is 0 Å². The number of rotatable bonds is 12. The van der Waals surface area contributed by atoms with Gasteiger partial charge >= 0.3 is 0 Å². The van der Waals surface area contributed by atoms with Crippen molar-refractivity contribution >= 4 is 16.7 Å². The highest BCUT2D eigenvalue weighted by Crippen LogP contribution is 2.38. The van der Waals surface area contributed by atoms with Gasteiger partial charge in [-0.05, 0) is 45.9 Å². The molecule has 1 N–H and O–H groups in total. The van der Waals surface area contributed by atoms with Crippen LogP contribution in [-0.4, -0.2) is 63.7 Å². The summed E-state index contributed by atoms with van der Waals surface area (Å²) in [7, 11) is 3.29. The van der Waals surface area contributed by atoms with E-state index in [1.165, 1.54) is 11.3 Å². The molecule has 1 aliphatic heterocycles. The summed E-state index contributed by atoms with van der Waals surface area (Å²) in [6.45, 7) is 16.8. The molecule has 202 valence electrons. The average molecular weight is 503 g/mol. The van der Waals surface area contributed by atoms with Crippen molar-refractivity contribution in [2.24, 2.45) is 0 Å². The van der Waals surface area contributed by atoms with Gasteiger partial charge in [-0.1, -0.05) is 32.4 Å². The lowest BCUT2D eigenvalue weighted by atomic mass is 10.1. The highest BCUT2D eigenvalue weighted by atomic mass is 16.5. The number of fused-ring (bicyclic) bond motifs is 1. The predicted molar refractivity (Wildman–Crippen MR) is 149 cm³/mol. The van der Waals surface area contributed by atoms with Gasteiger partial charge in [0, 0.05) is 44.0 Å². The number of nitrogens with zero attached hydrogens (tertiary/aromatic N) is 3. The van der Waals surface area contributed by atoms with Crippen LogP contribution in [0, 0.1) is 0 Å². The molecule has 2 aromatic rings. The number of methoxy groups -OCH3 is 2. The number of anilines is 1. The number of allylic oxidation sites excluding steroid dienone is 2. The van der Waals surface area contributed by atoms with Crippen molar-refractivity contribution in [2.75, 3.05) is 58.6 Å². The summed E-state index contributed by atoms with van der Waals surface area (Å²) in [4.78, 5) is 11.3. The molecule has 36 heavy (non-hydrogen) atoms. The van der Waals surface area contributed by atoms with Gasteiger partial charge in [-0.3, -0.25) is 0 Å². The minimum atomic E-state index is 0.463. The fourth-order valence-electron chi connectivity index (χ4n) is 3.76. The Bertz CT molecular complexity index is 947. The number of hydrogen-bond donors (Lipinski definition) is 1. The van der Waals surface area contributed by atoms with E-state index in [9.17, 15) is 0 Å². The lowest BCUT2D eigenvalue weighted by Crippen LogP contribution is -2.20. The summed E-state index contributed by atoms with van der Waals surface area (Å²) < 4.78 is 21.4. The van der Waals surface area contributed by atoms with Gasteiger partial charge in [-0.25, -0.2) is 9.97 Å². The summed E-state index contributed by atoms with van der Waals surface area (Å²) in [6, 6.07) is 3.88. The smallest absolute Gasteiger partial charge is 0.162 e. The summed E-state index contributed by atoms with van der Waals surface area (Å²) >= 11 is 0. The standard InChI is InChI=1S/C19H25N3O3.C7H15NO.C2H6/c1-5-16-13(2)6-7-22(16)19-14-10-18(25-9-8-23-3)17(24-4)11-15(14)20-12-21-19;1-3-5-8-6-7-9-4-2;1-2/h10-12H,5-9H2,1-4H3;3,5,8H,4,6-7H2,1-2H3;1-2H3/b;5-3+;. The van der Waals surface area contributed by atoms with Crippen LogP contribution in [0.1, 0.15) is 54.4 Å². The maximum atomic E-state index is 5.83. The average Bonchev–Trinajstić information content (AvgIpc) is 3.29. The molecule has 8 nitrogen and oxygen atoms in total. The van der Waals surface area contributed by atoms with Crippen molar-refractivity contribution in [1.29, 1.82) is 0 Å². The number of benzene rings is 1. The molecule has 0 atom stereocenters. The fourth-order valence-corrected chi connectivity index (χ4v) is 3.76.